The number of amides is 1. The Morgan fingerprint density at radius 3 is 3.16 bits per heavy atom. The number of hydrogen-bond donors (Lipinski definition) is 3. The smallest absolute Gasteiger partial charge is 0.229 e. The molecule has 6 heteroatoms. The van der Waals surface area contributed by atoms with Gasteiger partial charge in [-0.3, -0.25) is 9.89 Å². The number of ether oxygens (including phenoxy) is 1. The maximum absolute atomic E-state index is 12.8. The number of carbonyl (C=O) groups is 1. The number of H-pyrrole nitrogens is 2. The van der Waals surface area contributed by atoms with Crippen molar-refractivity contribution in [2.75, 3.05) is 7.11 Å². The second-order valence-corrected chi connectivity index (χ2v) is 6.54. The molecule has 2 aromatic heterocycles. The summed E-state index contributed by atoms with van der Waals surface area (Å²) >= 11 is 0. The van der Waals surface area contributed by atoms with E-state index in [0.29, 0.717) is 13.2 Å². The Hall–Kier alpha value is -2.60. The molecule has 4 rings (SSSR count). The molecule has 0 fully saturated rings. The first kappa shape index (κ1) is 15.9. The van der Waals surface area contributed by atoms with Crippen LogP contribution in [0.5, 0.6) is 0 Å². The number of aromatic nitrogens is 3. The third kappa shape index (κ3) is 3.05. The number of aryl methyl sites for hydroxylation is 1. The average molecular weight is 338 g/mol. The zero-order valence-electron chi connectivity index (χ0n) is 14.3. The van der Waals surface area contributed by atoms with Crippen LogP contribution in [0.15, 0.2) is 30.3 Å². The molecule has 1 aromatic carbocycles. The SMILES string of the molecule is COCc1cc(CNC(=O)[C@H]2CCCc3c2[nH]c2ccccc32)[nH]n1. The van der Waals surface area contributed by atoms with Gasteiger partial charge in [-0.15, -0.1) is 0 Å². The lowest BCUT2D eigenvalue weighted by atomic mass is 9.86. The van der Waals surface area contributed by atoms with Gasteiger partial charge in [0, 0.05) is 23.7 Å². The summed E-state index contributed by atoms with van der Waals surface area (Å²) in [5, 5.41) is 11.4. The van der Waals surface area contributed by atoms with E-state index >= 15 is 0 Å². The second-order valence-electron chi connectivity index (χ2n) is 6.54. The van der Waals surface area contributed by atoms with Crippen molar-refractivity contribution >= 4 is 16.8 Å². The summed E-state index contributed by atoms with van der Waals surface area (Å²) in [7, 11) is 1.64. The molecular weight excluding hydrogens is 316 g/mol. The van der Waals surface area contributed by atoms with E-state index in [1.807, 2.05) is 12.1 Å². The van der Waals surface area contributed by atoms with Gasteiger partial charge in [-0.1, -0.05) is 18.2 Å². The monoisotopic (exact) mass is 338 g/mol. The van der Waals surface area contributed by atoms with Gasteiger partial charge in [0.15, 0.2) is 0 Å². The first-order chi connectivity index (χ1) is 12.3. The van der Waals surface area contributed by atoms with Crippen LogP contribution in [0.2, 0.25) is 0 Å². The number of methoxy groups -OCH3 is 1. The number of hydrogen-bond acceptors (Lipinski definition) is 3. The lowest BCUT2D eigenvalue weighted by molar-refractivity contribution is -0.123. The summed E-state index contributed by atoms with van der Waals surface area (Å²) in [5.41, 5.74) is 5.21. The van der Waals surface area contributed by atoms with Crippen LogP contribution in [0, 0.1) is 0 Å². The quantitative estimate of drug-likeness (QED) is 0.669. The Kier molecular flexibility index (Phi) is 4.28. The Bertz CT molecular complexity index is 896. The summed E-state index contributed by atoms with van der Waals surface area (Å²) in [5.74, 6) is -0.0482. The molecule has 1 atom stereocenters. The molecule has 0 spiro atoms. The summed E-state index contributed by atoms with van der Waals surface area (Å²) in [6.45, 7) is 0.910. The lowest BCUT2D eigenvalue weighted by Gasteiger charge is -2.21. The van der Waals surface area contributed by atoms with Crippen LogP contribution >= 0.6 is 0 Å². The number of para-hydroxylation sites is 1. The highest BCUT2D eigenvalue weighted by Crippen LogP contribution is 2.36. The molecule has 1 aliphatic rings. The van der Waals surface area contributed by atoms with E-state index in [0.717, 1.165) is 41.9 Å². The molecule has 6 nitrogen and oxygen atoms in total. The fraction of sp³-hybridized carbons (Fsp3) is 0.368. The zero-order chi connectivity index (χ0) is 17.2. The Balaban J connectivity index is 1.49. The van der Waals surface area contributed by atoms with E-state index in [4.69, 9.17) is 4.74 Å². The molecule has 2 heterocycles. The fourth-order valence-corrected chi connectivity index (χ4v) is 3.70. The minimum atomic E-state index is -0.113. The molecule has 1 amide bonds. The number of carbonyl (C=O) groups excluding carboxylic acids is 1. The van der Waals surface area contributed by atoms with Crippen LogP contribution < -0.4 is 5.32 Å². The molecule has 0 radical (unpaired) electrons. The van der Waals surface area contributed by atoms with Gasteiger partial charge in [0.1, 0.15) is 0 Å². The van der Waals surface area contributed by atoms with Crippen LogP contribution in [0.1, 0.15) is 41.4 Å². The van der Waals surface area contributed by atoms with Crippen molar-refractivity contribution in [2.45, 2.75) is 38.3 Å². The number of nitrogens with one attached hydrogen (secondary N) is 3. The third-order valence-corrected chi connectivity index (χ3v) is 4.86. The van der Waals surface area contributed by atoms with Gasteiger partial charge in [0.2, 0.25) is 5.91 Å². The molecular formula is C19H22N4O2. The van der Waals surface area contributed by atoms with E-state index in [9.17, 15) is 4.79 Å². The van der Waals surface area contributed by atoms with Crippen molar-refractivity contribution < 1.29 is 9.53 Å². The predicted octanol–water partition coefficient (Wildman–Crippen LogP) is 2.77. The van der Waals surface area contributed by atoms with Crippen molar-refractivity contribution in [1.29, 1.82) is 0 Å². The lowest BCUT2D eigenvalue weighted by Crippen LogP contribution is -2.31. The molecule has 0 saturated heterocycles. The van der Waals surface area contributed by atoms with Gasteiger partial charge < -0.3 is 15.0 Å². The molecule has 3 aromatic rings. The van der Waals surface area contributed by atoms with Crippen molar-refractivity contribution in [3.05, 3.63) is 53.0 Å². The summed E-state index contributed by atoms with van der Waals surface area (Å²) in [6.07, 6.45) is 2.95. The van der Waals surface area contributed by atoms with Gasteiger partial charge in [-0.05, 0) is 37.0 Å². The summed E-state index contributed by atoms with van der Waals surface area (Å²) < 4.78 is 5.06. The number of fused-ring (bicyclic) bond motifs is 3. The third-order valence-electron chi connectivity index (χ3n) is 4.86. The molecule has 0 aliphatic heterocycles. The zero-order valence-corrected chi connectivity index (χ0v) is 14.3. The van der Waals surface area contributed by atoms with E-state index in [1.54, 1.807) is 7.11 Å². The number of benzene rings is 1. The molecule has 3 N–H and O–H groups in total. The minimum absolute atomic E-state index is 0.0652. The fourth-order valence-electron chi connectivity index (χ4n) is 3.70. The van der Waals surface area contributed by atoms with Crippen molar-refractivity contribution in [3.63, 3.8) is 0 Å². The van der Waals surface area contributed by atoms with E-state index in [2.05, 4.69) is 38.7 Å². The number of nitrogens with zero attached hydrogens (tertiary/aromatic N) is 1. The highest BCUT2D eigenvalue weighted by molar-refractivity contribution is 5.90. The second kappa shape index (κ2) is 6.72. The molecule has 1 aliphatic carbocycles. The highest BCUT2D eigenvalue weighted by atomic mass is 16.5. The maximum Gasteiger partial charge on any atom is 0.229 e. The topological polar surface area (TPSA) is 82.8 Å². The van der Waals surface area contributed by atoms with Crippen molar-refractivity contribution in [3.8, 4) is 0 Å². The average Bonchev–Trinajstić information content (AvgIpc) is 3.24. The molecule has 0 bridgehead atoms. The van der Waals surface area contributed by atoms with Gasteiger partial charge in [0.05, 0.1) is 30.5 Å². The maximum atomic E-state index is 12.8. The molecule has 25 heavy (non-hydrogen) atoms. The van der Waals surface area contributed by atoms with Gasteiger partial charge >= 0.3 is 0 Å². The highest BCUT2D eigenvalue weighted by Gasteiger charge is 2.29. The van der Waals surface area contributed by atoms with Gasteiger partial charge in [0.25, 0.3) is 0 Å². The van der Waals surface area contributed by atoms with Crippen LogP contribution in [-0.4, -0.2) is 28.2 Å². The molecule has 0 unspecified atom stereocenters. The van der Waals surface area contributed by atoms with Gasteiger partial charge in [-0.25, -0.2) is 0 Å². The largest absolute Gasteiger partial charge is 0.378 e. The van der Waals surface area contributed by atoms with Crippen LogP contribution in [0.25, 0.3) is 10.9 Å². The van der Waals surface area contributed by atoms with Gasteiger partial charge in [-0.2, -0.15) is 5.10 Å². The Morgan fingerprint density at radius 2 is 2.28 bits per heavy atom. The predicted molar refractivity (Wildman–Crippen MR) is 95.1 cm³/mol. The minimum Gasteiger partial charge on any atom is -0.378 e. The molecule has 130 valence electrons. The standard InChI is InChI=1S/C19H22N4O2/c1-25-11-13-9-12(22-23-13)10-20-19(24)16-7-4-6-15-14-5-2-3-8-17(14)21-18(15)16/h2-3,5,8-9,16,21H,4,6-7,10-11H2,1H3,(H,20,24)(H,22,23)/t16-/m0/s1. The van der Waals surface area contributed by atoms with Crippen molar-refractivity contribution in [2.24, 2.45) is 0 Å². The number of aromatic amines is 2. The van der Waals surface area contributed by atoms with E-state index in [1.165, 1.54) is 10.9 Å². The molecule has 0 saturated carbocycles. The normalized spacial score (nSPS) is 16.8. The van der Waals surface area contributed by atoms with Crippen LogP contribution in [0.3, 0.4) is 0 Å². The van der Waals surface area contributed by atoms with Crippen molar-refractivity contribution in [1.82, 2.24) is 20.5 Å². The Labute approximate surface area is 146 Å². The summed E-state index contributed by atoms with van der Waals surface area (Å²) in [6, 6.07) is 10.2. The van der Waals surface area contributed by atoms with E-state index in [-0.39, 0.29) is 11.8 Å². The number of rotatable bonds is 5. The van der Waals surface area contributed by atoms with Crippen LogP contribution in [-0.2, 0) is 29.1 Å². The van der Waals surface area contributed by atoms with Crippen LogP contribution in [0.4, 0.5) is 0 Å². The first-order valence-corrected chi connectivity index (χ1v) is 8.65. The summed E-state index contributed by atoms with van der Waals surface area (Å²) in [4.78, 5) is 16.2. The Morgan fingerprint density at radius 1 is 1.40 bits per heavy atom. The van der Waals surface area contributed by atoms with E-state index < -0.39 is 0 Å². The first-order valence-electron chi connectivity index (χ1n) is 8.65.